The first-order valence-electron chi connectivity index (χ1n) is 6.91. The third kappa shape index (κ3) is 5.41. The average molecular weight is 324 g/mol. The van der Waals surface area contributed by atoms with E-state index in [1.165, 1.54) is 0 Å². The maximum atomic E-state index is 8.73. The second-order valence-corrected chi connectivity index (χ2v) is 5.04. The zero-order chi connectivity index (χ0) is 16.5. The van der Waals surface area contributed by atoms with Crippen LogP contribution in [0, 0.1) is 11.3 Å². The van der Waals surface area contributed by atoms with Gasteiger partial charge in [-0.05, 0) is 47.6 Å². The van der Waals surface area contributed by atoms with Crippen LogP contribution in [0.3, 0.4) is 0 Å². The number of hydrogen-bond donors (Lipinski definition) is 2. The van der Waals surface area contributed by atoms with Gasteiger partial charge in [-0.3, -0.25) is 5.43 Å². The van der Waals surface area contributed by atoms with Crippen LogP contribution in [0.5, 0.6) is 5.75 Å². The maximum absolute atomic E-state index is 8.73. The number of benzene rings is 2. The topological polar surface area (TPSA) is 69.4 Å². The van der Waals surface area contributed by atoms with Gasteiger partial charge in [0.25, 0.3) is 0 Å². The number of ether oxygens (including phenoxy) is 1. The lowest BCUT2D eigenvalue weighted by atomic mass is 10.2. The molecular formula is C17H16N4OS. The molecule has 0 aliphatic heterocycles. The van der Waals surface area contributed by atoms with Gasteiger partial charge < -0.3 is 10.1 Å². The number of nitrogens with zero attached hydrogens (tertiary/aromatic N) is 2. The minimum absolute atomic E-state index is 0.436. The molecule has 0 amide bonds. The summed E-state index contributed by atoms with van der Waals surface area (Å²) in [6.07, 6.45) is 1.64. The highest BCUT2D eigenvalue weighted by molar-refractivity contribution is 7.80. The Kier molecular flexibility index (Phi) is 6.09. The van der Waals surface area contributed by atoms with Crippen molar-refractivity contribution in [1.82, 2.24) is 10.7 Å². The Hall–Kier alpha value is -2.91. The van der Waals surface area contributed by atoms with Crippen molar-refractivity contribution < 1.29 is 4.74 Å². The van der Waals surface area contributed by atoms with E-state index >= 15 is 0 Å². The Morgan fingerprint density at radius 1 is 1.22 bits per heavy atom. The highest BCUT2D eigenvalue weighted by atomic mass is 32.1. The fourth-order valence-corrected chi connectivity index (χ4v) is 1.90. The van der Waals surface area contributed by atoms with E-state index in [0.29, 0.717) is 17.2 Å². The van der Waals surface area contributed by atoms with E-state index in [-0.39, 0.29) is 0 Å². The van der Waals surface area contributed by atoms with Crippen molar-refractivity contribution in [3.8, 4) is 11.8 Å². The summed E-state index contributed by atoms with van der Waals surface area (Å²) >= 11 is 5.15. The summed E-state index contributed by atoms with van der Waals surface area (Å²) in [6.45, 7) is 0.599. The molecule has 2 N–H and O–H groups in total. The van der Waals surface area contributed by atoms with E-state index in [1.807, 2.05) is 36.4 Å². The van der Waals surface area contributed by atoms with Gasteiger partial charge in [-0.1, -0.05) is 24.3 Å². The number of nitrogens with one attached hydrogen (secondary N) is 2. The predicted octanol–water partition coefficient (Wildman–Crippen LogP) is 2.57. The molecule has 0 unspecified atom stereocenters. The van der Waals surface area contributed by atoms with Crippen LogP contribution in [-0.4, -0.2) is 18.4 Å². The van der Waals surface area contributed by atoms with Gasteiger partial charge in [-0.2, -0.15) is 10.4 Å². The molecule has 0 heterocycles. The third-order valence-corrected chi connectivity index (χ3v) is 3.27. The standard InChI is InChI=1S/C17H16N4OS/c1-22-16-8-6-14(7-9-16)11-19-17(23)21-20-12-15-4-2-13(10-18)3-5-15/h2-9,12H,11H2,1H3,(H2,19,21,23)/b20-12-. The minimum atomic E-state index is 0.436. The second kappa shape index (κ2) is 8.51. The van der Waals surface area contributed by atoms with Crippen LogP contribution in [0.4, 0.5) is 0 Å². The van der Waals surface area contributed by atoms with Crippen molar-refractivity contribution >= 4 is 23.5 Å². The van der Waals surface area contributed by atoms with E-state index in [2.05, 4.69) is 21.9 Å². The fraction of sp³-hybridized carbons (Fsp3) is 0.118. The molecule has 0 saturated carbocycles. The molecule has 0 fully saturated rings. The monoisotopic (exact) mass is 324 g/mol. The van der Waals surface area contributed by atoms with Gasteiger partial charge in [0.2, 0.25) is 0 Å². The summed E-state index contributed by atoms with van der Waals surface area (Å²) in [5.41, 5.74) is 5.34. The fourth-order valence-electron chi connectivity index (χ4n) is 1.77. The number of thiocarbonyl (C=S) groups is 1. The predicted molar refractivity (Wildman–Crippen MR) is 94.3 cm³/mol. The van der Waals surface area contributed by atoms with Gasteiger partial charge >= 0.3 is 0 Å². The molecular weight excluding hydrogens is 308 g/mol. The molecule has 0 bridgehead atoms. The highest BCUT2D eigenvalue weighted by Gasteiger charge is 1.97. The lowest BCUT2D eigenvalue weighted by Gasteiger charge is -2.07. The highest BCUT2D eigenvalue weighted by Crippen LogP contribution is 2.10. The quantitative estimate of drug-likeness (QED) is 0.502. The van der Waals surface area contributed by atoms with Gasteiger partial charge in [-0.15, -0.1) is 0 Å². The summed E-state index contributed by atoms with van der Waals surface area (Å²) < 4.78 is 5.11. The lowest BCUT2D eigenvalue weighted by Crippen LogP contribution is -2.31. The van der Waals surface area contributed by atoms with Crippen molar-refractivity contribution in [2.24, 2.45) is 5.10 Å². The van der Waals surface area contributed by atoms with E-state index in [0.717, 1.165) is 16.9 Å². The molecule has 0 atom stereocenters. The van der Waals surface area contributed by atoms with Crippen molar-refractivity contribution in [3.63, 3.8) is 0 Å². The third-order valence-electron chi connectivity index (χ3n) is 3.03. The molecule has 116 valence electrons. The molecule has 0 aliphatic rings. The molecule has 2 rings (SSSR count). The molecule has 2 aromatic carbocycles. The first-order valence-corrected chi connectivity index (χ1v) is 7.32. The molecule has 2 aromatic rings. The average Bonchev–Trinajstić information content (AvgIpc) is 2.61. The Bertz CT molecular complexity index is 718. The van der Waals surface area contributed by atoms with E-state index in [9.17, 15) is 0 Å². The zero-order valence-electron chi connectivity index (χ0n) is 12.6. The second-order valence-electron chi connectivity index (χ2n) is 4.63. The molecule has 6 heteroatoms. The van der Waals surface area contributed by atoms with E-state index in [1.54, 1.807) is 25.5 Å². The van der Waals surface area contributed by atoms with E-state index < -0.39 is 0 Å². The summed E-state index contributed by atoms with van der Waals surface area (Å²) in [4.78, 5) is 0. The van der Waals surface area contributed by atoms with Crippen molar-refractivity contribution in [3.05, 3.63) is 65.2 Å². The van der Waals surface area contributed by atoms with E-state index in [4.69, 9.17) is 22.2 Å². The molecule has 0 aliphatic carbocycles. The minimum Gasteiger partial charge on any atom is -0.497 e. The van der Waals surface area contributed by atoms with Crippen LogP contribution in [0.25, 0.3) is 0 Å². The Labute approximate surface area is 140 Å². The molecule has 0 radical (unpaired) electrons. The van der Waals surface area contributed by atoms with Gasteiger partial charge in [0.15, 0.2) is 5.11 Å². The number of hydrazone groups is 1. The normalized spacial score (nSPS) is 10.1. The summed E-state index contributed by atoms with van der Waals surface area (Å²) in [6, 6.07) is 16.9. The van der Waals surface area contributed by atoms with Crippen molar-refractivity contribution in [2.75, 3.05) is 7.11 Å². The van der Waals surface area contributed by atoms with Crippen LogP contribution < -0.4 is 15.5 Å². The molecule has 0 aromatic heterocycles. The zero-order valence-corrected chi connectivity index (χ0v) is 13.4. The number of rotatable bonds is 5. The van der Waals surface area contributed by atoms with Crippen LogP contribution in [0.2, 0.25) is 0 Å². The number of nitriles is 1. The first kappa shape index (κ1) is 16.5. The van der Waals surface area contributed by atoms with Gasteiger partial charge in [0.05, 0.1) is 25.0 Å². The number of hydrogen-bond acceptors (Lipinski definition) is 4. The van der Waals surface area contributed by atoms with Crippen molar-refractivity contribution in [1.29, 1.82) is 5.26 Å². The molecule has 0 spiro atoms. The van der Waals surface area contributed by atoms with Gasteiger partial charge in [-0.25, -0.2) is 0 Å². The maximum Gasteiger partial charge on any atom is 0.187 e. The number of methoxy groups -OCH3 is 1. The first-order chi connectivity index (χ1) is 11.2. The smallest absolute Gasteiger partial charge is 0.187 e. The Morgan fingerprint density at radius 3 is 2.52 bits per heavy atom. The van der Waals surface area contributed by atoms with Crippen LogP contribution in [-0.2, 0) is 6.54 Å². The Morgan fingerprint density at radius 2 is 1.91 bits per heavy atom. The lowest BCUT2D eigenvalue weighted by molar-refractivity contribution is 0.414. The molecule has 0 saturated heterocycles. The van der Waals surface area contributed by atoms with Crippen LogP contribution >= 0.6 is 12.2 Å². The van der Waals surface area contributed by atoms with Gasteiger partial charge in [0, 0.05) is 6.54 Å². The summed E-state index contributed by atoms with van der Waals surface area (Å²) in [5.74, 6) is 0.821. The molecule has 5 nitrogen and oxygen atoms in total. The SMILES string of the molecule is COc1ccc(CNC(=S)N/N=C\c2ccc(C#N)cc2)cc1. The Balaban J connectivity index is 1.77. The van der Waals surface area contributed by atoms with Crippen molar-refractivity contribution in [2.45, 2.75) is 6.54 Å². The van der Waals surface area contributed by atoms with Crippen LogP contribution in [0.1, 0.15) is 16.7 Å². The van der Waals surface area contributed by atoms with Gasteiger partial charge in [0.1, 0.15) is 5.75 Å². The molecule has 23 heavy (non-hydrogen) atoms. The van der Waals surface area contributed by atoms with Crippen LogP contribution in [0.15, 0.2) is 53.6 Å². The summed E-state index contributed by atoms with van der Waals surface area (Å²) in [5, 5.41) is 16.3. The largest absolute Gasteiger partial charge is 0.497 e. The summed E-state index contributed by atoms with van der Waals surface area (Å²) in [7, 11) is 1.64.